The number of urea groups is 1. The van der Waals surface area contributed by atoms with Gasteiger partial charge in [0.1, 0.15) is 11.6 Å². The van der Waals surface area contributed by atoms with E-state index >= 15 is 0 Å². The molecule has 6 heteroatoms. The summed E-state index contributed by atoms with van der Waals surface area (Å²) in [6.45, 7) is 5.26. The van der Waals surface area contributed by atoms with Crippen LogP contribution >= 0.6 is 0 Å². The van der Waals surface area contributed by atoms with Crippen LogP contribution in [-0.2, 0) is 12.8 Å². The average Bonchev–Trinajstić information content (AvgIpc) is 2.99. The summed E-state index contributed by atoms with van der Waals surface area (Å²) in [7, 11) is 1.64. The fourth-order valence-electron chi connectivity index (χ4n) is 6.70. The molecule has 0 spiro atoms. The van der Waals surface area contributed by atoms with Gasteiger partial charge in [-0.3, -0.25) is 0 Å². The Morgan fingerprint density at radius 3 is 2.38 bits per heavy atom. The minimum absolute atomic E-state index is 0.0379. The smallest absolute Gasteiger partial charge is 0.322 e. The highest BCUT2D eigenvalue weighted by atomic mass is 19.1. The SMILES string of the molecule is COc1cccc(NC(=O)N2CCC[C@@H](C(C)N3CCC(Cc4ccc(F)cc4)CC3)[C@H]2Cc2ccccc2)c1. The molecule has 2 amide bonds. The molecule has 0 saturated carbocycles. The van der Waals surface area contributed by atoms with Gasteiger partial charge in [-0.1, -0.05) is 48.5 Å². The fraction of sp³-hybridized carbons (Fsp3) is 0.441. The van der Waals surface area contributed by atoms with Crippen LogP contribution in [0.5, 0.6) is 5.75 Å². The van der Waals surface area contributed by atoms with Crippen molar-refractivity contribution in [2.75, 3.05) is 32.1 Å². The molecule has 0 aliphatic carbocycles. The van der Waals surface area contributed by atoms with Crippen molar-refractivity contribution in [1.29, 1.82) is 0 Å². The van der Waals surface area contributed by atoms with E-state index in [9.17, 15) is 9.18 Å². The van der Waals surface area contributed by atoms with Crippen molar-refractivity contribution in [1.82, 2.24) is 9.80 Å². The molecule has 0 bridgehead atoms. The van der Waals surface area contributed by atoms with Crippen LogP contribution in [-0.4, -0.2) is 54.7 Å². The van der Waals surface area contributed by atoms with Crippen molar-refractivity contribution < 1.29 is 13.9 Å². The lowest BCUT2D eigenvalue weighted by Crippen LogP contribution is -2.57. The lowest BCUT2D eigenvalue weighted by Gasteiger charge is -2.48. The molecule has 212 valence electrons. The lowest BCUT2D eigenvalue weighted by molar-refractivity contribution is 0.0388. The molecule has 2 saturated heterocycles. The summed E-state index contributed by atoms with van der Waals surface area (Å²) in [5, 5.41) is 3.14. The summed E-state index contributed by atoms with van der Waals surface area (Å²) in [5.74, 6) is 1.58. The molecule has 1 unspecified atom stereocenters. The highest BCUT2D eigenvalue weighted by Gasteiger charge is 2.39. The maximum absolute atomic E-state index is 13.7. The normalized spacial score (nSPS) is 21.1. The van der Waals surface area contributed by atoms with Crippen molar-refractivity contribution in [3.63, 3.8) is 0 Å². The molecular formula is C34H42FN3O2. The van der Waals surface area contributed by atoms with Crippen molar-refractivity contribution >= 4 is 11.7 Å². The Kier molecular flexibility index (Phi) is 9.38. The number of carbonyl (C=O) groups is 1. The number of ether oxygens (including phenoxy) is 1. The van der Waals surface area contributed by atoms with E-state index in [2.05, 4.69) is 46.3 Å². The van der Waals surface area contributed by atoms with Crippen LogP contribution in [0.3, 0.4) is 0 Å². The van der Waals surface area contributed by atoms with E-state index in [1.807, 2.05) is 42.5 Å². The molecule has 3 aromatic carbocycles. The quantitative estimate of drug-likeness (QED) is 0.332. The third-order valence-electron chi connectivity index (χ3n) is 8.98. The summed E-state index contributed by atoms with van der Waals surface area (Å²) in [5.41, 5.74) is 3.24. The predicted molar refractivity (Wildman–Crippen MR) is 159 cm³/mol. The van der Waals surface area contributed by atoms with Gasteiger partial charge < -0.3 is 19.9 Å². The topological polar surface area (TPSA) is 44.8 Å². The van der Waals surface area contributed by atoms with Gasteiger partial charge in [-0.15, -0.1) is 0 Å². The molecular weight excluding hydrogens is 501 g/mol. The maximum Gasteiger partial charge on any atom is 0.322 e. The number of likely N-dealkylation sites (tertiary alicyclic amines) is 2. The minimum atomic E-state index is -0.170. The van der Waals surface area contributed by atoms with E-state index < -0.39 is 0 Å². The molecule has 2 heterocycles. The Labute approximate surface area is 238 Å². The molecule has 5 rings (SSSR count). The van der Waals surface area contributed by atoms with Crippen molar-refractivity contribution in [2.45, 2.75) is 57.5 Å². The van der Waals surface area contributed by atoms with Crippen molar-refractivity contribution in [3.05, 3.63) is 95.8 Å². The molecule has 40 heavy (non-hydrogen) atoms. The molecule has 3 atom stereocenters. The predicted octanol–water partition coefficient (Wildman–Crippen LogP) is 7.03. The monoisotopic (exact) mass is 543 g/mol. The minimum Gasteiger partial charge on any atom is -0.497 e. The Bertz CT molecular complexity index is 1230. The fourth-order valence-corrected chi connectivity index (χ4v) is 6.70. The summed E-state index contributed by atoms with van der Waals surface area (Å²) in [6.07, 6.45) is 6.29. The van der Waals surface area contributed by atoms with Gasteiger partial charge in [0, 0.05) is 30.4 Å². The standard InChI is InChI=1S/C34H42FN3O2/c1-25(37-20-17-28(18-21-37)22-27-13-15-29(35)16-14-27)32-12-7-19-38(33(32)23-26-8-4-3-5-9-26)34(39)36-30-10-6-11-31(24-30)40-2/h3-6,8-11,13-16,24-25,28,32-33H,7,12,17-23H2,1-2H3,(H,36,39)/t25?,32-,33+/m0/s1. The second-order valence-electron chi connectivity index (χ2n) is 11.5. The largest absolute Gasteiger partial charge is 0.497 e. The van der Waals surface area contributed by atoms with Gasteiger partial charge >= 0.3 is 6.03 Å². The second kappa shape index (κ2) is 13.3. The Balaban J connectivity index is 1.28. The number of benzene rings is 3. The van der Waals surface area contributed by atoms with Crippen LogP contribution in [0.1, 0.15) is 43.7 Å². The van der Waals surface area contributed by atoms with Gasteiger partial charge in [0.25, 0.3) is 0 Å². The Morgan fingerprint density at radius 1 is 0.925 bits per heavy atom. The number of hydrogen-bond acceptors (Lipinski definition) is 3. The van der Waals surface area contributed by atoms with Crippen LogP contribution in [0, 0.1) is 17.7 Å². The lowest BCUT2D eigenvalue weighted by atomic mass is 9.79. The summed E-state index contributed by atoms with van der Waals surface area (Å²) in [4.78, 5) is 18.4. The summed E-state index contributed by atoms with van der Waals surface area (Å²) in [6, 6.07) is 25.6. The molecule has 1 N–H and O–H groups in total. The number of piperidine rings is 2. The van der Waals surface area contributed by atoms with Crippen LogP contribution in [0.2, 0.25) is 0 Å². The number of halogens is 1. The zero-order valence-corrected chi connectivity index (χ0v) is 23.8. The summed E-state index contributed by atoms with van der Waals surface area (Å²) >= 11 is 0. The van der Waals surface area contributed by atoms with Gasteiger partial charge in [-0.25, -0.2) is 9.18 Å². The van der Waals surface area contributed by atoms with E-state index in [4.69, 9.17) is 4.74 Å². The number of anilines is 1. The Hall–Kier alpha value is -3.38. The molecule has 2 aliphatic heterocycles. The molecule has 0 radical (unpaired) electrons. The zero-order chi connectivity index (χ0) is 27.9. The van der Waals surface area contributed by atoms with E-state index in [0.29, 0.717) is 17.9 Å². The highest BCUT2D eigenvalue weighted by Crippen LogP contribution is 2.34. The first kappa shape index (κ1) is 28.2. The number of nitrogens with zero attached hydrogens (tertiary/aromatic N) is 2. The van der Waals surface area contributed by atoms with Gasteiger partial charge in [-0.2, -0.15) is 0 Å². The van der Waals surface area contributed by atoms with Crippen molar-refractivity contribution in [3.8, 4) is 5.75 Å². The number of rotatable bonds is 8. The van der Waals surface area contributed by atoms with Crippen LogP contribution in [0.4, 0.5) is 14.9 Å². The number of methoxy groups -OCH3 is 1. The number of amides is 2. The van der Waals surface area contributed by atoms with Crippen LogP contribution in [0.25, 0.3) is 0 Å². The van der Waals surface area contributed by atoms with E-state index in [-0.39, 0.29) is 17.9 Å². The van der Waals surface area contributed by atoms with E-state index in [0.717, 1.165) is 69.6 Å². The van der Waals surface area contributed by atoms with Gasteiger partial charge in [-0.05, 0) is 106 Å². The second-order valence-corrected chi connectivity index (χ2v) is 11.5. The van der Waals surface area contributed by atoms with Gasteiger partial charge in [0.15, 0.2) is 0 Å². The summed E-state index contributed by atoms with van der Waals surface area (Å²) < 4.78 is 18.7. The van der Waals surface area contributed by atoms with Gasteiger partial charge in [0.05, 0.1) is 7.11 Å². The van der Waals surface area contributed by atoms with E-state index in [1.54, 1.807) is 19.2 Å². The van der Waals surface area contributed by atoms with Crippen molar-refractivity contribution in [2.24, 2.45) is 11.8 Å². The third kappa shape index (κ3) is 7.03. The van der Waals surface area contributed by atoms with Crippen LogP contribution < -0.4 is 10.1 Å². The number of carbonyl (C=O) groups excluding carboxylic acids is 1. The average molecular weight is 544 g/mol. The maximum atomic E-state index is 13.7. The molecule has 3 aromatic rings. The first-order chi connectivity index (χ1) is 19.5. The number of nitrogens with one attached hydrogen (secondary N) is 1. The molecule has 2 fully saturated rings. The molecule has 5 nitrogen and oxygen atoms in total. The number of hydrogen-bond donors (Lipinski definition) is 1. The Morgan fingerprint density at radius 2 is 1.65 bits per heavy atom. The zero-order valence-electron chi connectivity index (χ0n) is 23.8. The molecule has 2 aliphatic rings. The van der Waals surface area contributed by atoms with E-state index in [1.165, 1.54) is 11.1 Å². The first-order valence-electron chi connectivity index (χ1n) is 14.7. The highest BCUT2D eigenvalue weighted by molar-refractivity contribution is 5.89. The third-order valence-corrected chi connectivity index (χ3v) is 8.98. The van der Waals surface area contributed by atoms with Gasteiger partial charge in [0.2, 0.25) is 0 Å². The van der Waals surface area contributed by atoms with Crippen LogP contribution in [0.15, 0.2) is 78.9 Å². The first-order valence-corrected chi connectivity index (χ1v) is 14.7. The molecule has 0 aromatic heterocycles.